The molecular formula is C6H18O9PSi2+. The molecule has 2 unspecified atom stereocenters. The van der Waals surface area contributed by atoms with E-state index in [0.717, 1.165) is 0 Å². The van der Waals surface area contributed by atoms with Gasteiger partial charge in [0.15, 0.2) is 11.5 Å². The zero-order valence-electron chi connectivity index (χ0n) is 9.92. The Morgan fingerprint density at radius 1 is 0.889 bits per heavy atom. The lowest BCUT2D eigenvalue weighted by molar-refractivity contribution is 0.0900. The highest BCUT2D eigenvalue weighted by molar-refractivity contribution is 7.33. The first kappa shape index (κ1) is 18.2. The summed E-state index contributed by atoms with van der Waals surface area (Å²) in [5, 5.41) is 0. The molecule has 2 atom stereocenters. The van der Waals surface area contributed by atoms with Gasteiger partial charge in [-0.3, -0.25) is 0 Å². The van der Waals surface area contributed by atoms with E-state index in [1.165, 1.54) is 13.8 Å². The Kier molecular flexibility index (Phi) is 7.20. The van der Waals surface area contributed by atoms with Crippen molar-refractivity contribution in [3.8, 4) is 0 Å². The maximum Gasteiger partial charge on any atom is 0.697 e. The van der Waals surface area contributed by atoms with Crippen molar-refractivity contribution in [1.82, 2.24) is 0 Å². The zero-order valence-corrected chi connectivity index (χ0v) is 12.8. The van der Waals surface area contributed by atoms with Crippen LogP contribution in [-0.2, 0) is 13.6 Å². The lowest BCUT2D eigenvalue weighted by Crippen LogP contribution is -2.50. The summed E-state index contributed by atoms with van der Waals surface area (Å²) in [6.45, 7) is 2.91. The third-order valence-electron chi connectivity index (χ3n) is 2.03. The largest absolute Gasteiger partial charge is 0.697 e. The summed E-state index contributed by atoms with van der Waals surface area (Å²) in [6, 6.07) is 0. The molecule has 0 saturated carbocycles. The minimum atomic E-state index is -4.62. The van der Waals surface area contributed by atoms with E-state index < -0.39 is 37.3 Å². The quantitative estimate of drug-likeness (QED) is 0.223. The smallest absolute Gasteiger partial charge is 0.388 e. The fraction of sp³-hybridized carbons (Fsp3) is 1.00. The van der Waals surface area contributed by atoms with Crippen LogP contribution >= 0.6 is 8.25 Å². The zero-order chi connectivity index (χ0) is 14.6. The summed E-state index contributed by atoms with van der Waals surface area (Å²) in [4.78, 5) is 53.9. The molecule has 0 spiro atoms. The van der Waals surface area contributed by atoms with Gasteiger partial charge in [0.05, 0.1) is 0 Å². The van der Waals surface area contributed by atoms with Crippen molar-refractivity contribution in [1.29, 1.82) is 0 Å². The third kappa shape index (κ3) is 6.40. The van der Waals surface area contributed by atoms with Gasteiger partial charge in [-0.15, -0.1) is 9.05 Å². The lowest BCUT2D eigenvalue weighted by Gasteiger charge is -2.17. The maximum atomic E-state index is 11.4. The summed E-state index contributed by atoms with van der Waals surface area (Å²) < 4.78 is 20.5. The molecule has 0 saturated heterocycles. The standard InChI is InChI=1S/C6H18O9PSi2/c1-3-5(17(8,9)10)14-16(7)15-6(4-2)18(11,12)13/h5-6,8-13H,3-4H2,1-2H3/q+1. The second-order valence-corrected chi connectivity index (χ2v) is 8.51. The van der Waals surface area contributed by atoms with Crippen LogP contribution in [0.5, 0.6) is 0 Å². The Bertz CT molecular complexity index is 249. The van der Waals surface area contributed by atoms with E-state index >= 15 is 0 Å². The van der Waals surface area contributed by atoms with Crippen molar-refractivity contribution in [2.75, 3.05) is 0 Å². The predicted octanol–water partition coefficient (Wildman–Crippen LogP) is -1.86. The number of rotatable bonds is 8. The molecule has 6 N–H and O–H groups in total. The van der Waals surface area contributed by atoms with E-state index in [-0.39, 0.29) is 12.8 Å². The number of hydrogen-bond acceptors (Lipinski definition) is 9. The predicted molar refractivity (Wildman–Crippen MR) is 62.8 cm³/mol. The van der Waals surface area contributed by atoms with Gasteiger partial charge in [0.2, 0.25) is 0 Å². The van der Waals surface area contributed by atoms with Crippen LogP contribution in [0.4, 0.5) is 0 Å². The van der Waals surface area contributed by atoms with Crippen LogP contribution in [0.25, 0.3) is 0 Å². The van der Waals surface area contributed by atoms with Crippen molar-refractivity contribution < 1.29 is 42.4 Å². The van der Waals surface area contributed by atoms with Gasteiger partial charge in [0, 0.05) is 4.57 Å². The van der Waals surface area contributed by atoms with Gasteiger partial charge in [0.1, 0.15) is 0 Å². The molecule has 0 aromatic rings. The molecule has 0 heterocycles. The molecule has 108 valence electrons. The molecule has 9 nitrogen and oxygen atoms in total. The molecule has 0 rings (SSSR count). The van der Waals surface area contributed by atoms with Crippen LogP contribution in [0, 0.1) is 0 Å². The molecule has 0 aliphatic heterocycles. The van der Waals surface area contributed by atoms with Crippen LogP contribution in [0.15, 0.2) is 0 Å². The van der Waals surface area contributed by atoms with E-state index in [1.807, 2.05) is 0 Å². The molecule has 0 aliphatic carbocycles. The second kappa shape index (κ2) is 7.12. The van der Waals surface area contributed by atoms with Crippen molar-refractivity contribution >= 4 is 25.9 Å². The molecule has 0 aromatic carbocycles. The summed E-state index contributed by atoms with van der Waals surface area (Å²) in [5.41, 5.74) is -2.93. The summed E-state index contributed by atoms with van der Waals surface area (Å²) in [6.07, 6.45) is -0.0617. The van der Waals surface area contributed by atoms with Crippen LogP contribution in [0.1, 0.15) is 26.7 Å². The first-order valence-corrected chi connectivity index (χ1v) is 10.1. The molecule has 12 heteroatoms. The van der Waals surface area contributed by atoms with E-state index in [1.54, 1.807) is 0 Å². The summed E-state index contributed by atoms with van der Waals surface area (Å²) in [7, 11) is -12.2. The summed E-state index contributed by atoms with van der Waals surface area (Å²) >= 11 is 0. The first-order valence-electron chi connectivity index (χ1n) is 5.17. The fourth-order valence-electron chi connectivity index (χ4n) is 1.07. The van der Waals surface area contributed by atoms with Crippen molar-refractivity contribution in [2.45, 2.75) is 38.1 Å². The van der Waals surface area contributed by atoms with Gasteiger partial charge in [-0.2, -0.15) is 0 Å². The van der Waals surface area contributed by atoms with Gasteiger partial charge in [-0.05, 0) is 12.8 Å². The SMILES string of the molecule is CCC(O[P+](=O)OC(CC)[Si](O)(O)O)[Si](O)(O)O. The normalized spacial score (nSPS) is 17.4. The van der Waals surface area contributed by atoms with E-state index in [9.17, 15) is 4.57 Å². The highest BCUT2D eigenvalue weighted by Gasteiger charge is 2.50. The Labute approximate surface area is 107 Å². The second-order valence-electron chi connectivity index (χ2n) is 3.60. The Hall–Kier alpha value is 0.214. The average molecular weight is 321 g/mol. The van der Waals surface area contributed by atoms with Gasteiger partial charge in [-0.1, -0.05) is 13.8 Å². The van der Waals surface area contributed by atoms with Gasteiger partial charge in [-0.25, -0.2) is 0 Å². The van der Waals surface area contributed by atoms with Crippen LogP contribution in [-0.4, -0.2) is 57.8 Å². The van der Waals surface area contributed by atoms with Gasteiger partial charge < -0.3 is 28.8 Å². The lowest BCUT2D eigenvalue weighted by atomic mass is 10.5. The Morgan fingerprint density at radius 3 is 1.33 bits per heavy atom. The number of hydrogen-bond donors (Lipinski definition) is 6. The molecule has 0 aliphatic rings. The van der Waals surface area contributed by atoms with Gasteiger partial charge >= 0.3 is 25.9 Å². The van der Waals surface area contributed by atoms with Crippen molar-refractivity contribution in [3.63, 3.8) is 0 Å². The molecule has 0 radical (unpaired) electrons. The summed E-state index contributed by atoms with van der Waals surface area (Å²) in [5.74, 6) is 0. The van der Waals surface area contributed by atoms with E-state index in [2.05, 4.69) is 9.05 Å². The van der Waals surface area contributed by atoms with E-state index in [4.69, 9.17) is 28.8 Å². The van der Waals surface area contributed by atoms with Crippen LogP contribution < -0.4 is 0 Å². The van der Waals surface area contributed by atoms with Crippen LogP contribution in [0.3, 0.4) is 0 Å². The molecular weight excluding hydrogens is 303 g/mol. The first-order chi connectivity index (χ1) is 8.02. The average Bonchev–Trinajstić information content (AvgIpc) is 2.19. The molecule has 0 fully saturated rings. The van der Waals surface area contributed by atoms with Crippen LogP contribution in [0.2, 0.25) is 0 Å². The van der Waals surface area contributed by atoms with Crippen molar-refractivity contribution in [3.05, 3.63) is 0 Å². The highest BCUT2D eigenvalue weighted by atomic mass is 31.1. The topological polar surface area (TPSA) is 157 Å². The molecule has 0 aromatic heterocycles. The van der Waals surface area contributed by atoms with E-state index in [0.29, 0.717) is 0 Å². The fourth-order valence-corrected chi connectivity index (χ4v) is 4.58. The molecule has 0 amide bonds. The third-order valence-corrected chi connectivity index (χ3v) is 6.06. The Morgan fingerprint density at radius 2 is 1.17 bits per heavy atom. The van der Waals surface area contributed by atoms with Gasteiger partial charge in [0.25, 0.3) is 0 Å². The highest BCUT2D eigenvalue weighted by Crippen LogP contribution is 2.32. The minimum Gasteiger partial charge on any atom is -0.388 e. The minimum absolute atomic E-state index is 0.0309. The maximum absolute atomic E-state index is 11.4. The monoisotopic (exact) mass is 321 g/mol. The molecule has 0 bridgehead atoms. The Balaban J connectivity index is 4.50. The molecule has 18 heavy (non-hydrogen) atoms. The van der Waals surface area contributed by atoms with Crippen molar-refractivity contribution in [2.24, 2.45) is 0 Å².